The van der Waals surface area contributed by atoms with Crippen LogP contribution in [0.25, 0.3) is 0 Å². The van der Waals surface area contributed by atoms with Gasteiger partial charge in [0.05, 0.1) is 0 Å². The molecule has 1 N–H and O–H groups in total. The van der Waals surface area contributed by atoms with Crippen LogP contribution in [0.4, 0.5) is 0 Å². The minimum absolute atomic E-state index is 0.180. The van der Waals surface area contributed by atoms with Gasteiger partial charge in [-0.05, 0) is 49.4 Å². The molecule has 0 aliphatic carbocycles. The first kappa shape index (κ1) is 17.0. The molecule has 0 spiro atoms. The summed E-state index contributed by atoms with van der Waals surface area (Å²) in [5.41, 5.74) is 2.76. The van der Waals surface area contributed by atoms with Crippen molar-refractivity contribution in [2.45, 2.75) is 72.4 Å². The van der Waals surface area contributed by atoms with E-state index >= 15 is 0 Å². The monoisotopic (exact) mass is 277 g/mol. The highest BCUT2D eigenvalue weighted by molar-refractivity contribution is 5.38. The minimum atomic E-state index is 0.180. The van der Waals surface area contributed by atoms with E-state index in [4.69, 9.17) is 4.74 Å². The molecule has 0 heterocycles. The Morgan fingerprint density at radius 2 is 1.85 bits per heavy atom. The quantitative estimate of drug-likeness (QED) is 0.829. The lowest BCUT2D eigenvalue weighted by Crippen LogP contribution is -2.40. The van der Waals surface area contributed by atoms with Gasteiger partial charge in [0.15, 0.2) is 0 Å². The van der Waals surface area contributed by atoms with Gasteiger partial charge < -0.3 is 10.1 Å². The third-order valence-electron chi connectivity index (χ3n) is 3.83. The van der Waals surface area contributed by atoms with Gasteiger partial charge in [-0.3, -0.25) is 0 Å². The van der Waals surface area contributed by atoms with E-state index in [2.05, 4.69) is 72.0 Å². The number of benzene rings is 1. The predicted octanol–water partition coefficient (Wildman–Crippen LogP) is 4.45. The zero-order valence-corrected chi connectivity index (χ0v) is 14.2. The second-order valence-corrected chi connectivity index (χ2v) is 6.63. The van der Waals surface area contributed by atoms with E-state index in [0.717, 1.165) is 18.7 Å². The number of hydrogen-bond donors (Lipinski definition) is 1. The molecule has 0 amide bonds. The smallest absolute Gasteiger partial charge is 0.122 e. The van der Waals surface area contributed by atoms with Crippen molar-refractivity contribution < 1.29 is 4.74 Å². The van der Waals surface area contributed by atoms with Gasteiger partial charge in [0.1, 0.15) is 11.9 Å². The summed E-state index contributed by atoms with van der Waals surface area (Å²) >= 11 is 0. The van der Waals surface area contributed by atoms with Gasteiger partial charge in [-0.2, -0.15) is 0 Å². The number of hydrogen-bond acceptors (Lipinski definition) is 2. The zero-order valence-electron chi connectivity index (χ0n) is 14.2. The van der Waals surface area contributed by atoms with Gasteiger partial charge in [0.2, 0.25) is 0 Å². The first-order valence-corrected chi connectivity index (χ1v) is 7.80. The van der Waals surface area contributed by atoms with Crippen molar-refractivity contribution in [3.05, 3.63) is 29.3 Å². The van der Waals surface area contributed by atoms with E-state index in [1.807, 2.05) is 0 Å². The highest BCUT2D eigenvalue weighted by atomic mass is 16.5. The van der Waals surface area contributed by atoms with Gasteiger partial charge >= 0.3 is 0 Å². The molecular weight excluding hydrogens is 246 g/mol. The van der Waals surface area contributed by atoms with Crippen molar-refractivity contribution in [3.8, 4) is 5.75 Å². The van der Waals surface area contributed by atoms with Gasteiger partial charge in [-0.1, -0.05) is 46.8 Å². The maximum Gasteiger partial charge on any atom is 0.122 e. The number of rotatable bonds is 6. The van der Waals surface area contributed by atoms with Crippen LogP contribution in [0.5, 0.6) is 5.75 Å². The molecule has 0 saturated carbocycles. The average molecular weight is 277 g/mol. The summed E-state index contributed by atoms with van der Waals surface area (Å²) in [6.07, 6.45) is 1.26. The first-order chi connectivity index (χ1) is 9.29. The predicted molar refractivity (Wildman–Crippen MR) is 87.7 cm³/mol. The Morgan fingerprint density at radius 3 is 2.30 bits per heavy atom. The Bertz CT molecular complexity index is 420. The van der Waals surface area contributed by atoms with Crippen molar-refractivity contribution in [1.29, 1.82) is 0 Å². The molecule has 2 unspecified atom stereocenters. The lowest BCUT2D eigenvalue weighted by Gasteiger charge is -2.26. The van der Waals surface area contributed by atoms with Crippen LogP contribution in [0.15, 0.2) is 18.2 Å². The highest BCUT2D eigenvalue weighted by Crippen LogP contribution is 2.28. The van der Waals surface area contributed by atoms with Crippen LogP contribution < -0.4 is 10.1 Å². The average Bonchev–Trinajstić information content (AvgIpc) is 2.36. The van der Waals surface area contributed by atoms with E-state index in [1.165, 1.54) is 11.1 Å². The Morgan fingerprint density at radius 1 is 1.20 bits per heavy atom. The molecule has 1 rings (SSSR count). The van der Waals surface area contributed by atoms with Crippen LogP contribution in [0.2, 0.25) is 0 Å². The van der Waals surface area contributed by atoms with Crippen molar-refractivity contribution in [3.63, 3.8) is 0 Å². The van der Waals surface area contributed by atoms with Gasteiger partial charge in [-0.25, -0.2) is 0 Å². The number of likely N-dealkylation sites (N-methyl/N-ethyl adjacent to an activating group) is 1. The first-order valence-electron chi connectivity index (χ1n) is 7.80. The minimum Gasteiger partial charge on any atom is -0.489 e. The van der Waals surface area contributed by atoms with Crippen molar-refractivity contribution in [2.24, 2.45) is 0 Å². The highest BCUT2D eigenvalue weighted by Gasteiger charge is 2.18. The van der Waals surface area contributed by atoms with E-state index in [0.29, 0.717) is 6.04 Å². The molecule has 2 nitrogen and oxygen atoms in total. The summed E-state index contributed by atoms with van der Waals surface area (Å²) in [5.74, 6) is 1.00. The molecule has 0 aliphatic rings. The summed E-state index contributed by atoms with van der Waals surface area (Å²) in [4.78, 5) is 0. The normalized spacial score (nSPS) is 14.9. The summed E-state index contributed by atoms with van der Waals surface area (Å²) in [5, 5.41) is 3.48. The zero-order chi connectivity index (χ0) is 15.3. The molecule has 2 heteroatoms. The molecule has 20 heavy (non-hydrogen) atoms. The van der Waals surface area contributed by atoms with Crippen LogP contribution in [0.3, 0.4) is 0 Å². The van der Waals surface area contributed by atoms with Crippen LogP contribution in [0, 0.1) is 6.92 Å². The summed E-state index contributed by atoms with van der Waals surface area (Å²) in [7, 11) is 0. The van der Waals surface area contributed by atoms with Crippen molar-refractivity contribution in [1.82, 2.24) is 5.32 Å². The fourth-order valence-electron chi connectivity index (χ4n) is 2.43. The van der Waals surface area contributed by atoms with Crippen LogP contribution in [0.1, 0.15) is 59.1 Å². The molecule has 0 saturated heterocycles. The molecule has 0 aliphatic heterocycles. The Hall–Kier alpha value is -1.02. The van der Waals surface area contributed by atoms with E-state index in [9.17, 15) is 0 Å². The maximum absolute atomic E-state index is 6.16. The Kier molecular flexibility index (Phi) is 6.07. The largest absolute Gasteiger partial charge is 0.489 e. The van der Waals surface area contributed by atoms with Gasteiger partial charge in [0, 0.05) is 6.04 Å². The molecule has 114 valence electrons. The molecule has 1 aromatic carbocycles. The lowest BCUT2D eigenvalue weighted by atomic mass is 9.86. The molecule has 0 fully saturated rings. The lowest BCUT2D eigenvalue weighted by molar-refractivity contribution is 0.167. The van der Waals surface area contributed by atoms with Crippen LogP contribution in [-0.4, -0.2) is 18.7 Å². The molecule has 1 aromatic rings. The summed E-state index contributed by atoms with van der Waals surface area (Å²) in [6.45, 7) is 16.3. The Labute approximate surface area is 124 Å². The molecule has 0 radical (unpaired) electrons. The van der Waals surface area contributed by atoms with Gasteiger partial charge in [0.25, 0.3) is 0 Å². The second-order valence-electron chi connectivity index (χ2n) is 6.63. The number of nitrogens with one attached hydrogen (secondary N) is 1. The molecule has 0 bridgehead atoms. The van der Waals surface area contributed by atoms with Crippen LogP contribution in [-0.2, 0) is 5.41 Å². The van der Waals surface area contributed by atoms with Crippen molar-refractivity contribution >= 4 is 0 Å². The fourth-order valence-corrected chi connectivity index (χ4v) is 2.43. The van der Waals surface area contributed by atoms with E-state index in [1.54, 1.807) is 0 Å². The molecular formula is C18H31NO. The second kappa shape index (κ2) is 7.12. The molecule has 2 atom stereocenters. The standard InChI is InChI=1S/C18H31NO/c1-8-16(19-9-2)14(4)20-17-11-10-15(12-13(17)3)18(5,6)7/h10-12,14,16,19H,8-9H2,1-7H3. The number of ether oxygens (including phenoxy) is 1. The SMILES string of the molecule is CCNC(CC)C(C)Oc1ccc(C(C)(C)C)cc1C. The maximum atomic E-state index is 6.16. The van der Waals surface area contributed by atoms with Crippen molar-refractivity contribution in [2.75, 3.05) is 6.54 Å². The molecule has 0 aromatic heterocycles. The van der Waals surface area contributed by atoms with E-state index in [-0.39, 0.29) is 11.5 Å². The fraction of sp³-hybridized carbons (Fsp3) is 0.667. The van der Waals surface area contributed by atoms with E-state index < -0.39 is 0 Å². The third kappa shape index (κ3) is 4.52. The topological polar surface area (TPSA) is 21.3 Å². The number of aryl methyl sites for hydroxylation is 1. The summed E-state index contributed by atoms with van der Waals surface area (Å²) < 4.78 is 6.16. The Balaban J connectivity index is 2.83. The summed E-state index contributed by atoms with van der Waals surface area (Å²) in [6, 6.07) is 6.95. The van der Waals surface area contributed by atoms with Gasteiger partial charge in [-0.15, -0.1) is 0 Å². The third-order valence-corrected chi connectivity index (χ3v) is 3.83. The van der Waals surface area contributed by atoms with Crippen LogP contribution >= 0.6 is 0 Å².